The van der Waals surface area contributed by atoms with Crippen LogP contribution in [0.4, 0.5) is 4.39 Å². The molecule has 0 aromatic heterocycles. The van der Waals surface area contributed by atoms with Crippen LogP contribution in [0, 0.1) is 17.1 Å². The van der Waals surface area contributed by atoms with Gasteiger partial charge in [0.25, 0.3) is 0 Å². The lowest BCUT2D eigenvalue weighted by atomic mass is 10.0. The fraction of sp³-hybridized carbons (Fsp3) is 0.409. The summed E-state index contributed by atoms with van der Waals surface area (Å²) in [6.45, 7) is 5.12. The van der Waals surface area contributed by atoms with Crippen LogP contribution in [0.15, 0.2) is 47.4 Å². The Morgan fingerprint density at radius 3 is 2.57 bits per heavy atom. The molecule has 30 heavy (non-hydrogen) atoms. The van der Waals surface area contributed by atoms with E-state index in [1.54, 1.807) is 24.3 Å². The average Bonchev–Trinajstić information content (AvgIpc) is 3.25. The van der Waals surface area contributed by atoms with Gasteiger partial charge in [0.05, 0.1) is 29.2 Å². The van der Waals surface area contributed by atoms with Crippen LogP contribution in [0.2, 0.25) is 0 Å². The highest BCUT2D eigenvalue weighted by Crippen LogP contribution is 2.29. The number of nitrogens with zero attached hydrogens (tertiary/aromatic N) is 3. The molecule has 2 atom stereocenters. The van der Waals surface area contributed by atoms with Crippen molar-refractivity contribution in [2.24, 2.45) is 0 Å². The minimum absolute atomic E-state index is 0.0339. The van der Waals surface area contributed by atoms with E-state index in [4.69, 9.17) is 10.00 Å². The first-order chi connectivity index (χ1) is 14.4. The van der Waals surface area contributed by atoms with E-state index in [2.05, 4.69) is 4.90 Å². The van der Waals surface area contributed by atoms with Crippen molar-refractivity contribution >= 4 is 10.0 Å². The second-order valence-electron chi connectivity index (χ2n) is 7.81. The Kier molecular flexibility index (Phi) is 5.89. The molecule has 0 bridgehead atoms. The highest BCUT2D eigenvalue weighted by molar-refractivity contribution is 7.89. The van der Waals surface area contributed by atoms with E-state index in [1.165, 1.54) is 16.4 Å². The smallest absolute Gasteiger partial charge is 0.243 e. The Bertz CT molecular complexity index is 1070. The van der Waals surface area contributed by atoms with E-state index in [9.17, 15) is 12.8 Å². The zero-order valence-electron chi connectivity index (χ0n) is 16.8. The van der Waals surface area contributed by atoms with Crippen LogP contribution in [-0.4, -0.2) is 62.6 Å². The Morgan fingerprint density at radius 2 is 1.90 bits per heavy atom. The van der Waals surface area contributed by atoms with Crippen LogP contribution in [0.5, 0.6) is 0 Å². The lowest BCUT2D eigenvalue weighted by Gasteiger charge is -2.35. The Morgan fingerprint density at radius 1 is 1.13 bits per heavy atom. The van der Waals surface area contributed by atoms with Crippen LogP contribution < -0.4 is 0 Å². The number of benzene rings is 2. The van der Waals surface area contributed by atoms with Crippen LogP contribution >= 0.6 is 0 Å². The van der Waals surface area contributed by atoms with Crippen molar-refractivity contribution in [2.45, 2.75) is 30.4 Å². The van der Waals surface area contributed by atoms with Crippen LogP contribution in [-0.2, 0) is 14.8 Å². The third-order valence-electron chi connectivity index (χ3n) is 5.82. The number of hydrogen-bond acceptors (Lipinski definition) is 5. The van der Waals surface area contributed by atoms with Gasteiger partial charge in [-0.3, -0.25) is 4.90 Å². The molecule has 2 aromatic carbocycles. The fourth-order valence-corrected chi connectivity index (χ4v) is 5.67. The molecule has 0 radical (unpaired) electrons. The molecule has 1 unspecified atom stereocenters. The van der Waals surface area contributed by atoms with E-state index in [0.29, 0.717) is 36.4 Å². The molecule has 4 rings (SSSR count). The van der Waals surface area contributed by atoms with Gasteiger partial charge in [0.2, 0.25) is 10.0 Å². The van der Waals surface area contributed by atoms with Crippen LogP contribution in [0.3, 0.4) is 0 Å². The molecule has 2 aliphatic rings. The van der Waals surface area contributed by atoms with Gasteiger partial charge in [-0.1, -0.05) is 18.2 Å². The van der Waals surface area contributed by atoms with E-state index in [1.807, 2.05) is 13.0 Å². The van der Waals surface area contributed by atoms with Crippen molar-refractivity contribution in [2.75, 3.05) is 32.8 Å². The quantitative estimate of drug-likeness (QED) is 0.747. The first-order valence-electron chi connectivity index (χ1n) is 10.0. The van der Waals surface area contributed by atoms with Crippen molar-refractivity contribution in [3.8, 4) is 17.2 Å². The molecule has 0 N–H and O–H groups in total. The van der Waals surface area contributed by atoms with E-state index < -0.39 is 15.8 Å². The number of nitriles is 1. The SMILES string of the molecule is C[C@@H]1CN(C2CCN(S(=O)(=O)c3ccc(-c4ccc(C#N)cc4)c(F)c3)C2)CCO1. The molecule has 2 fully saturated rings. The van der Waals surface area contributed by atoms with Gasteiger partial charge in [-0.15, -0.1) is 0 Å². The third-order valence-corrected chi connectivity index (χ3v) is 7.68. The molecular formula is C22H24FN3O3S. The minimum Gasteiger partial charge on any atom is -0.376 e. The number of sulfonamides is 1. The minimum atomic E-state index is -3.76. The molecule has 6 nitrogen and oxygen atoms in total. The fourth-order valence-electron chi connectivity index (χ4n) is 4.17. The summed E-state index contributed by atoms with van der Waals surface area (Å²) in [5.41, 5.74) is 1.38. The third kappa shape index (κ3) is 4.12. The van der Waals surface area contributed by atoms with Gasteiger partial charge in [-0.25, -0.2) is 12.8 Å². The van der Waals surface area contributed by atoms with Gasteiger partial charge in [0.1, 0.15) is 5.82 Å². The second kappa shape index (κ2) is 8.44. The molecule has 2 saturated heterocycles. The number of ether oxygens (including phenoxy) is 1. The molecule has 0 spiro atoms. The van der Waals surface area contributed by atoms with Crippen molar-refractivity contribution in [3.63, 3.8) is 0 Å². The van der Waals surface area contributed by atoms with Crippen LogP contribution in [0.25, 0.3) is 11.1 Å². The summed E-state index contributed by atoms with van der Waals surface area (Å²) in [5, 5.41) is 8.89. The predicted octanol–water partition coefficient (Wildman–Crippen LogP) is 2.85. The molecular weight excluding hydrogens is 405 g/mol. The Balaban J connectivity index is 1.51. The van der Waals surface area contributed by atoms with Crippen LogP contribution in [0.1, 0.15) is 18.9 Å². The molecule has 0 amide bonds. The Labute approximate surface area is 176 Å². The topological polar surface area (TPSA) is 73.6 Å². The maximum Gasteiger partial charge on any atom is 0.243 e. The van der Waals surface area contributed by atoms with Gasteiger partial charge in [0, 0.05) is 37.8 Å². The van der Waals surface area contributed by atoms with E-state index >= 15 is 0 Å². The average molecular weight is 430 g/mol. The second-order valence-corrected chi connectivity index (χ2v) is 9.75. The molecule has 2 heterocycles. The van der Waals surface area contributed by atoms with Gasteiger partial charge >= 0.3 is 0 Å². The summed E-state index contributed by atoms with van der Waals surface area (Å²) in [4.78, 5) is 2.26. The Hall–Kier alpha value is -2.31. The maximum absolute atomic E-state index is 14.8. The normalized spacial score (nSPS) is 23.4. The summed E-state index contributed by atoms with van der Waals surface area (Å²) in [7, 11) is -3.76. The van der Waals surface area contributed by atoms with Crippen molar-refractivity contribution in [3.05, 3.63) is 53.8 Å². The number of morpholine rings is 1. The summed E-state index contributed by atoms with van der Waals surface area (Å²) < 4.78 is 48.0. The first-order valence-corrected chi connectivity index (χ1v) is 11.5. The van der Waals surface area contributed by atoms with Gasteiger partial charge < -0.3 is 4.74 Å². The molecule has 0 saturated carbocycles. The largest absolute Gasteiger partial charge is 0.376 e. The lowest BCUT2D eigenvalue weighted by Crippen LogP contribution is -2.48. The van der Waals surface area contributed by atoms with Gasteiger partial charge in [-0.2, -0.15) is 9.57 Å². The summed E-state index contributed by atoms with van der Waals surface area (Å²) in [6.07, 6.45) is 0.908. The standard InChI is InChI=1S/C22H24FN3O3S/c1-16-14-25(10-11-29-16)19-8-9-26(15-19)30(27,28)20-6-7-21(22(23)12-20)18-4-2-17(13-24)3-5-18/h2-7,12,16,19H,8-11,14-15H2,1H3/t16-,19?/m1/s1. The number of halogens is 1. The van der Waals surface area contributed by atoms with Crippen molar-refractivity contribution in [1.82, 2.24) is 9.21 Å². The number of rotatable bonds is 4. The zero-order valence-corrected chi connectivity index (χ0v) is 17.6. The molecule has 8 heteroatoms. The van der Waals surface area contributed by atoms with E-state index in [-0.39, 0.29) is 17.0 Å². The first kappa shape index (κ1) is 20.9. The highest BCUT2D eigenvalue weighted by Gasteiger charge is 2.36. The van der Waals surface area contributed by atoms with Gasteiger partial charge in [-0.05, 0) is 43.2 Å². The van der Waals surface area contributed by atoms with Gasteiger partial charge in [0.15, 0.2) is 0 Å². The lowest BCUT2D eigenvalue weighted by molar-refractivity contribution is -0.0317. The molecule has 2 aliphatic heterocycles. The van der Waals surface area contributed by atoms with Crippen molar-refractivity contribution in [1.29, 1.82) is 5.26 Å². The maximum atomic E-state index is 14.8. The molecule has 0 aliphatic carbocycles. The van der Waals surface area contributed by atoms with E-state index in [0.717, 1.165) is 25.6 Å². The highest BCUT2D eigenvalue weighted by atomic mass is 32.2. The summed E-state index contributed by atoms with van der Waals surface area (Å²) in [6, 6.07) is 12.7. The van der Waals surface area contributed by atoms with Crippen molar-refractivity contribution < 1.29 is 17.5 Å². The zero-order chi connectivity index (χ0) is 21.3. The monoisotopic (exact) mass is 429 g/mol. The predicted molar refractivity (Wildman–Crippen MR) is 111 cm³/mol. The summed E-state index contributed by atoms with van der Waals surface area (Å²) in [5.74, 6) is -0.599. The molecule has 2 aromatic rings. The molecule has 158 valence electrons. The number of hydrogen-bond donors (Lipinski definition) is 0. The summed E-state index contributed by atoms with van der Waals surface area (Å²) >= 11 is 0.